The van der Waals surface area contributed by atoms with Crippen LogP contribution in [-0.2, 0) is 6.54 Å². The number of anilines is 1. The molecule has 3 rings (SSSR count). The fourth-order valence-corrected chi connectivity index (χ4v) is 3.02. The van der Waals surface area contributed by atoms with Gasteiger partial charge in [-0.3, -0.25) is 4.79 Å². The predicted molar refractivity (Wildman–Crippen MR) is 86.5 cm³/mol. The van der Waals surface area contributed by atoms with Gasteiger partial charge >= 0.3 is 0 Å². The molecule has 3 N–H and O–H groups in total. The van der Waals surface area contributed by atoms with Gasteiger partial charge in [-0.05, 0) is 36.8 Å². The third kappa shape index (κ3) is 3.24. The maximum absolute atomic E-state index is 13.2. The Bertz CT molecular complexity index is 857. The molecule has 3 aromatic rings. The number of hydrogen-bond acceptors (Lipinski definition) is 5. The number of aromatic nitrogens is 1. The zero-order valence-electron chi connectivity index (χ0n) is 12.3. The quantitative estimate of drug-likeness (QED) is 0.768. The minimum absolute atomic E-state index is 0.0391. The Morgan fingerprint density at radius 3 is 2.91 bits per heavy atom. The second-order valence-electron chi connectivity index (χ2n) is 4.99. The zero-order chi connectivity index (χ0) is 16.4. The van der Waals surface area contributed by atoms with Crippen molar-refractivity contribution in [2.24, 2.45) is 0 Å². The van der Waals surface area contributed by atoms with Crippen LogP contribution < -0.4 is 11.1 Å². The van der Waals surface area contributed by atoms with Crippen molar-refractivity contribution in [2.45, 2.75) is 13.5 Å². The third-order valence-electron chi connectivity index (χ3n) is 3.26. The number of rotatable bonds is 4. The van der Waals surface area contributed by atoms with Crippen LogP contribution in [0.3, 0.4) is 0 Å². The molecule has 0 unspecified atom stereocenters. The topological polar surface area (TPSA) is 81.2 Å². The Morgan fingerprint density at radius 1 is 1.39 bits per heavy atom. The number of hydrogen-bond donors (Lipinski definition) is 2. The number of carbonyl (C=O) groups excluding carboxylic acids is 1. The van der Waals surface area contributed by atoms with E-state index in [1.807, 2.05) is 19.1 Å². The van der Waals surface area contributed by atoms with Gasteiger partial charge < -0.3 is 15.6 Å². The number of halogens is 1. The van der Waals surface area contributed by atoms with Crippen LogP contribution in [0.15, 0.2) is 40.9 Å². The number of thiophene rings is 1. The van der Waals surface area contributed by atoms with Crippen molar-refractivity contribution in [3.05, 3.63) is 58.2 Å². The Labute approximate surface area is 135 Å². The summed E-state index contributed by atoms with van der Waals surface area (Å²) in [6.45, 7) is 2.14. The van der Waals surface area contributed by atoms with E-state index in [2.05, 4.69) is 10.5 Å². The SMILES string of the molecule is Cc1ccc(-c2noc(N)c2C(=O)NCc2cccc(F)c2)s1. The van der Waals surface area contributed by atoms with Gasteiger partial charge in [0.15, 0.2) is 0 Å². The van der Waals surface area contributed by atoms with Gasteiger partial charge in [0, 0.05) is 11.4 Å². The molecule has 0 aliphatic carbocycles. The molecule has 0 fully saturated rings. The number of nitrogen functional groups attached to an aromatic ring is 1. The van der Waals surface area contributed by atoms with Gasteiger partial charge in [0.1, 0.15) is 17.1 Å². The summed E-state index contributed by atoms with van der Waals surface area (Å²) in [6.07, 6.45) is 0. The van der Waals surface area contributed by atoms with E-state index in [-0.39, 0.29) is 23.8 Å². The van der Waals surface area contributed by atoms with Crippen molar-refractivity contribution in [3.8, 4) is 10.6 Å². The summed E-state index contributed by atoms with van der Waals surface area (Å²) in [6, 6.07) is 9.82. The summed E-state index contributed by atoms with van der Waals surface area (Å²) in [5.41, 5.74) is 7.00. The fraction of sp³-hybridized carbons (Fsp3) is 0.125. The lowest BCUT2D eigenvalue weighted by Gasteiger charge is -2.05. The van der Waals surface area contributed by atoms with Crippen molar-refractivity contribution in [2.75, 3.05) is 5.73 Å². The second-order valence-corrected chi connectivity index (χ2v) is 6.28. The fourth-order valence-electron chi connectivity index (χ4n) is 2.17. The zero-order valence-corrected chi connectivity index (χ0v) is 13.1. The van der Waals surface area contributed by atoms with Crippen molar-refractivity contribution in [1.29, 1.82) is 0 Å². The maximum atomic E-state index is 13.2. The molecular formula is C16H14FN3O2S. The first-order valence-corrected chi connectivity index (χ1v) is 7.71. The van der Waals surface area contributed by atoms with Crippen LogP contribution in [0, 0.1) is 12.7 Å². The van der Waals surface area contributed by atoms with Crippen molar-refractivity contribution < 1.29 is 13.7 Å². The third-order valence-corrected chi connectivity index (χ3v) is 4.27. The predicted octanol–water partition coefficient (Wildman–Crippen LogP) is 3.36. The Kier molecular flexibility index (Phi) is 4.12. The van der Waals surface area contributed by atoms with E-state index in [4.69, 9.17) is 10.3 Å². The van der Waals surface area contributed by atoms with Gasteiger partial charge in [-0.15, -0.1) is 11.3 Å². The molecule has 2 aromatic heterocycles. The van der Waals surface area contributed by atoms with Crippen LogP contribution in [0.25, 0.3) is 10.6 Å². The van der Waals surface area contributed by atoms with E-state index in [0.29, 0.717) is 11.3 Å². The van der Waals surface area contributed by atoms with E-state index in [1.54, 1.807) is 12.1 Å². The number of carbonyl (C=O) groups is 1. The minimum atomic E-state index is -0.408. The van der Waals surface area contributed by atoms with Crippen molar-refractivity contribution in [3.63, 3.8) is 0 Å². The Hall–Kier alpha value is -2.67. The largest absolute Gasteiger partial charge is 0.367 e. The van der Waals surface area contributed by atoms with Crippen LogP contribution in [0.4, 0.5) is 10.3 Å². The van der Waals surface area contributed by atoms with Crippen molar-refractivity contribution >= 4 is 23.1 Å². The second kappa shape index (κ2) is 6.21. The molecule has 0 spiro atoms. The Morgan fingerprint density at radius 2 is 2.22 bits per heavy atom. The Balaban J connectivity index is 1.81. The van der Waals surface area contributed by atoms with Gasteiger partial charge in [0.05, 0.1) is 4.88 Å². The molecule has 0 atom stereocenters. The lowest BCUT2D eigenvalue weighted by molar-refractivity contribution is 0.0952. The van der Waals surface area contributed by atoms with Crippen LogP contribution in [0.5, 0.6) is 0 Å². The van der Waals surface area contributed by atoms with Gasteiger partial charge in [0.2, 0.25) is 5.88 Å². The lowest BCUT2D eigenvalue weighted by Crippen LogP contribution is -2.23. The number of nitrogens with zero attached hydrogens (tertiary/aromatic N) is 1. The lowest BCUT2D eigenvalue weighted by atomic mass is 10.1. The molecule has 23 heavy (non-hydrogen) atoms. The molecule has 1 amide bonds. The molecule has 0 aliphatic heterocycles. The highest BCUT2D eigenvalue weighted by atomic mass is 32.1. The van der Waals surface area contributed by atoms with E-state index in [9.17, 15) is 9.18 Å². The van der Waals surface area contributed by atoms with Gasteiger partial charge in [-0.1, -0.05) is 17.3 Å². The van der Waals surface area contributed by atoms with Gasteiger partial charge in [0.25, 0.3) is 5.91 Å². The monoisotopic (exact) mass is 331 g/mol. The summed E-state index contributed by atoms with van der Waals surface area (Å²) >= 11 is 1.49. The molecule has 5 nitrogen and oxygen atoms in total. The molecule has 0 radical (unpaired) electrons. The van der Waals surface area contributed by atoms with Gasteiger partial charge in [-0.25, -0.2) is 4.39 Å². The van der Waals surface area contributed by atoms with Gasteiger partial charge in [-0.2, -0.15) is 0 Å². The number of amides is 1. The molecular weight excluding hydrogens is 317 g/mol. The van der Waals surface area contributed by atoms with E-state index in [1.165, 1.54) is 23.5 Å². The molecule has 0 aliphatic rings. The molecule has 0 bridgehead atoms. The van der Waals surface area contributed by atoms with Crippen molar-refractivity contribution in [1.82, 2.24) is 10.5 Å². The van der Waals surface area contributed by atoms with E-state index < -0.39 is 5.91 Å². The first kappa shape index (κ1) is 15.2. The van der Waals surface area contributed by atoms with Crippen LogP contribution in [0.1, 0.15) is 20.8 Å². The molecule has 2 heterocycles. The smallest absolute Gasteiger partial charge is 0.259 e. The van der Waals surface area contributed by atoms with E-state index >= 15 is 0 Å². The number of aryl methyl sites for hydroxylation is 1. The highest BCUT2D eigenvalue weighted by molar-refractivity contribution is 7.15. The minimum Gasteiger partial charge on any atom is -0.367 e. The number of benzene rings is 1. The number of nitrogens with two attached hydrogens (primary N) is 1. The standard InChI is InChI=1S/C16H14FN3O2S/c1-9-5-6-12(23-9)14-13(15(18)22-20-14)16(21)19-8-10-3-2-4-11(17)7-10/h2-7H,8,18H2,1H3,(H,19,21). The summed E-state index contributed by atoms with van der Waals surface area (Å²) in [7, 11) is 0. The molecule has 118 valence electrons. The molecule has 0 saturated heterocycles. The summed E-state index contributed by atoms with van der Waals surface area (Å²) in [5, 5.41) is 6.58. The summed E-state index contributed by atoms with van der Waals surface area (Å²) in [5.74, 6) is -0.798. The number of nitrogens with one attached hydrogen (secondary N) is 1. The summed E-state index contributed by atoms with van der Waals surface area (Å²) in [4.78, 5) is 14.3. The molecule has 7 heteroatoms. The molecule has 1 aromatic carbocycles. The molecule has 0 saturated carbocycles. The van der Waals surface area contributed by atoms with Crippen LogP contribution in [-0.4, -0.2) is 11.1 Å². The highest BCUT2D eigenvalue weighted by Gasteiger charge is 2.23. The average molecular weight is 331 g/mol. The normalized spacial score (nSPS) is 10.7. The van der Waals surface area contributed by atoms with Crippen LogP contribution >= 0.6 is 11.3 Å². The average Bonchev–Trinajstić information content (AvgIpc) is 3.11. The first-order valence-electron chi connectivity index (χ1n) is 6.89. The van der Waals surface area contributed by atoms with Crippen LogP contribution in [0.2, 0.25) is 0 Å². The first-order chi connectivity index (χ1) is 11.0. The maximum Gasteiger partial charge on any atom is 0.259 e. The highest BCUT2D eigenvalue weighted by Crippen LogP contribution is 2.32. The summed E-state index contributed by atoms with van der Waals surface area (Å²) < 4.78 is 18.1. The van der Waals surface area contributed by atoms with E-state index in [0.717, 1.165) is 9.75 Å².